The van der Waals surface area contributed by atoms with E-state index in [2.05, 4.69) is 10.4 Å². The zero-order valence-corrected chi connectivity index (χ0v) is 28.9. The van der Waals surface area contributed by atoms with Crippen LogP contribution in [0, 0.1) is 12.7 Å². The first-order chi connectivity index (χ1) is 25.2. The molecule has 0 radical (unpaired) electrons. The first-order valence-corrected chi connectivity index (χ1v) is 17.4. The molecule has 9 rings (SSSR count). The normalized spacial score (nSPS) is 22.7. The van der Waals surface area contributed by atoms with Crippen molar-refractivity contribution in [3.05, 3.63) is 93.8 Å². The number of amides is 1. The molecule has 4 bridgehead atoms. The molecule has 7 heterocycles. The van der Waals surface area contributed by atoms with Gasteiger partial charge in [-0.1, -0.05) is 6.07 Å². The minimum Gasteiger partial charge on any atom is -0.489 e. The quantitative estimate of drug-likeness (QED) is 0.291. The number of benzene rings is 1. The van der Waals surface area contributed by atoms with Gasteiger partial charge in [0.05, 0.1) is 53.5 Å². The maximum atomic E-state index is 15.2. The largest absolute Gasteiger partial charge is 0.489 e. The maximum absolute atomic E-state index is 15.2. The van der Waals surface area contributed by atoms with Crippen LogP contribution in [0.2, 0.25) is 0 Å². The van der Waals surface area contributed by atoms with Gasteiger partial charge in [0.25, 0.3) is 5.56 Å². The van der Waals surface area contributed by atoms with Gasteiger partial charge >= 0.3 is 0 Å². The van der Waals surface area contributed by atoms with Crippen molar-refractivity contribution in [1.29, 1.82) is 0 Å². The average molecular weight is 710 g/mol. The number of nitrogens with zero attached hydrogens (tertiary/aromatic N) is 8. The molecule has 4 aliphatic rings. The van der Waals surface area contributed by atoms with Crippen LogP contribution in [0.25, 0.3) is 22.3 Å². The zero-order chi connectivity index (χ0) is 35.8. The summed E-state index contributed by atoms with van der Waals surface area (Å²) in [6.07, 6.45) is 2.42. The van der Waals surface area contributed by atoms with Gasteiger partial charge in [0.2, 0.25) is 5.91 Å². The molecule has 4 atom stereocenters. The lowest BCUT2D eigenvalue weighted by molar-refractivity contribution is -0.132. The Labute approximate surface area is 297 Å². The Kier molecular flexibility index (Phi) is 7.64. The highest BCUT2D eigenvalue weighted by Gasteiger charge is 2.42. The lowest BCUT2D eigenvalue weighted by atomic mass is 9.95. The fourth-order valence-corrected chi connectivity index (χ4v) is 8.22. The molecule has 52 heavy (non-hydrogen) atoms. The number of ether oxygens (including phenoxy) is 2. The highest BCUT2D eigenvalue weighted by molar-refractivity contribution is 5.95. The maximum Gasteiger partial charge on any atom is 0.254 e. The van der Waals surface area contributed by atoms with Gasteiger partial charge in [0.15, 0.2) is 0 Å². The SMILES string of the molecule is CO[C@H]1CN(C)C(=O)[C@@H]2CCC(Nc3cccc(n3)C3=CC(F)Cc4nc(C)n(c43)C1)N2c1cc(=O)n2c3c1cnn3-c1ccc(F)cc1OCC2. The monoisotopic (exact) mass is 709 g/mol. The summed E-state index contributed by atoms with van der Waals surface area (Å²) in [4.78, 5) is 41.9. The van der Waals surface area contributed by atoms with E-state index in [0.29, 0.717) is 70.3 Å². The molecule has 3 aliphatic heterocycles. The number of halogens is 2. The van der Waals surface area contributed by atoms with Crippen molar-refractivity contribution < 1.29 is 23.0 Å². The number of fused-ring (bicyclic) bond motifs is 7. The lowest BCUT2D eigenvalue weighted by Gasteiger charge is -2.35. The molecule has 1 saturated heterocycles. The minimum absolute atomic E-state index is 0.131. The predicted octanol–water partition coefficient (Wildman–Crippen LogP) is 3.84. The van der Waals surface area contributed by atoms with E-state index in [1.165, 1.54) is 12.1 Å². The van der Waals surface area contributed by atoms with Crippen LogP contribution in [0.5, 0.6) is 5.75 Å². The molecule has 268 valence electrons. The van der Waals surface area contributed by atoms with Gasteiger partial charge in [-0.05, 0) is 50.1 Å². The van der Waals surface area contributed by atoms with Crippen molar-refractivity contribution in [2.75, 3.05) is 37.5 Å². The summed E-state index contributed by atoms with van der Waals surface area (Å²) >= 11 is 0. The summed E-state index contributed by atoms with van der Waals surface area (Å²) in [5.74, 6) is 1.00. The summed E-state index contributed by atoms with van der Waals surface area (Å²) in [6, 6.07) is 10.7. The Bertz CT molecular complexity index is 2350. The molecule has 1 aromatic carbocycles. The van der Waals surface area contributed by atoms with Gasteiger partial charge in [0, 0.05) is 44.8 Å². The van der Waals surface area contributed by atoms with Crippen molar-refractivity contribution in [2.45, 2.75) is 63.8 Å². The van der Waals surface area contributed by atoms with Gasteiger partial charge in [-0.3, -0.25) is 14.2 Å². The van der Waals surface area contributed by atoms with Crippen molar-refractivity contribution in [3.8, 4) is 11.4 Å². The van der Waals surface area contributed by atoms with Crippen LogP contribution in [0.15, 0.2) is 59.5 Å². The van der Waals surface area contributed by atoms with Crippen LogP contribution in [-0.2, 0) is 29.0 Å². The number of allylic oxidation sites excluding steroid dienone is 1. The number of anilines is 2. The van der Waals surface area contributed by atoms with Crippen molar-refractivity contribution in [3.63, 3.8) is 0 Å². The predicted molar refractivity (Wildman–Crippen MR) is 189 cm³/mol. The van der Waals surface area contributed by atoms with E-state index in [1.807, 2.05) is 34.6 Å². The van der Waals surface area contributed by atoms with Gasteiger partial charge in [-0.2, -0.15) is 5.10 Å². The van der Waals surface area contributed by atoms with Crippen LogP contribution < -0.4 is 20.5 Å². The topological polar surface area (TPSA) is 125 Å². The molecule has 13 nitrogen and oxygen atoms in total. The Morgan fingerprint density at radius 2 is 1.90 bits per heavy atom. The van der Waals surface area contributed by atoms with E-state index < -0.39 is 30.3 Å². The number of carbonyl (C=O) groups excluding carboxylic acids is 1. The third kappa shape index (κ3) is 5.16. The molecule has 1 aliphatic carbocycles. The highest BCUT2D eigenvalue weighted by atomic mass is 19.1. The van der Waals surface area contributed by atoms with E-state index >= 15 is 4.39 Å². The molecule has 4 aromatic heterocycles. The number of pyridine rings is 2. The number of nitrogens with one attached hydrogen (secondary N) is 1. The lowest BCUT2D eigenvalue weighted by Crippen LogP contribution is -2.51. The molecule has 5 aromatic rings. The Hall–Kier alpha value is -5.57. The van der Waals surface area contributed by atoms with E-state index in [4.69, 9.17) is 19.4 Å². The van der Waals surface area contributed by atoms with E-state index in [9.17, 15) is 14.0 Å². The summed E-state index contributed by atoms with van der Waals surface area (Å²) in [6.45, 7) is 2.93. The zero-order valence-electron chi connectivity index (χ0n) is 28.9. The number of aromatic nitrogens is 6. The molecular formula is C37H37F2N9O4. The fourth-order valence-electron chi connectivity index (χ4n) is 8.22. The van der Waals surface area contributed by atoms with Crippen LogP contribution in [0.3, 0.4) is 0 Å². The molecule has 0 spiro atoms. The highest BCUT2D eigenvalue weighted by Crippen LogP contribution is 2.39. The van der Waals surface area contributed by atoms with Crippen molar-refractivity contribution in [1.82, 2.24) is 33.8 Å². The molecule has 15 heteroatoms. The number of likely N-dealkylation sites (N-methyl/N-ethyl adjacent to an activating group) is 1. The van der Waals surface area contributed by atoms with E-state index in [1.54, 1.807) is 52.7 Å². The van der Waals surface area contributed by atoms with Crippen molar-refractivity contribution in [2.24, 2.45) is 0 Å². The van der Waals surface area contributed by atoms with Crippen LogP contribution >= 0.6 is 0 Å². The standard InChI is InChI=1S/C37H37F2N9O4/c1-20-41-27-14-22(39)13-24-26-5-4-6-32(42-26)43-33-10-9-29(37(50)44(2)18-23(51-3)19-46(20)35(24)27)47(33)30-16-34(49)45-11-12-52-31-15-21(38)7-8-28(31)48-36(45)25(30)17-40-48/h4-8,13,15-17,22-23,29,33H,9-12,14,18-19H2,1-3H3,(H,42,43)/t22?,23-,29-,33?/m0/s1. The second-order valence-electron chi connectivity index (χ2n) is 13.8. The van der Waals surface area contributed by atoms with E-state index in [-0.39, 0.29) is 37.6 Å². The third-order valence-electron chi connectivity index (χ3n) is 10.6. The Morgan fingerprint density at radius 3 is 2.75 bits per heavy atom. The van der Waals surface area contributed by atoms with E-state index in [0.717, 1.165) is 11.5 Å². The number of aryl methyl sites for hydroxylation is 1. The van der Waals surface area contributed by atoms with Crippen LogP contribution in [0.1, 0.15) is 35.7 Å². The molecule has 2 unspecified atom stereocenters. The van der Waals surface area contributed by atoms with Crippen molar-refractivity contribution >= 4 is 34.0 Å². The molecule has 1 amide bonds. The average Bonchev–Trinajstić information content (AvgIpc) is 3.82. The smallest absolute Gasteiger partial charge is 0.254 e. The summed E-state index contributed by atoms with van der Waals surface area (Å²) < 4.78 is 46.5. The minimum atomic E-state index is -1.22. The third-order valence-corrected chi connectivity index (χ3v) is 10.6. The summed E-state index contributed by atoms with van der Waals surface area (Å²) in [5.41, 5.74) is 3.95. The van der Waals surface area contributed by atoms with Gasteiger partial charge < -0.3 is 29.2 Å². The summed E-state index contributed by atoms with van der Waals surface area (Å²) in [7, 11) is 3.38. The molecule has 1 N–H and O–H groups in total. The first-order valence-electron chi connectivity index (χ1n) is 17.4. The summed E-state index contributed by atoms with van der Waals surface area (Å²) in [5, 5.41) is 8.88. The van der Waals surface area contributed by atoms with Crippen LogP contribution in [0.4, 0.5) is 20.3 Å². The molecule has 1 fully saturated rings. The number of alkyl halides is 1. The number of methoxy groups -OCH3 is 1. The van der Waals surface area contributed by atoms with Gasteiger partial charge in [0.1, 0.15) is 59.5 Å². The fraction of sp³-hybridized carbons (Fsp3) is 0.378. The number of carbonyl (C=O) groups is 1. The number of hydrogen-bond donors (Lipinski definition) is 1. The second kappa shape index (κ2) is 12.3. The van der Waals surface area contributed by atoms with Crippen LogP contribution in [-0.4, -0.2) is 91.5 Å². The number of imidazole rings is 1. The Morgan fingerprint density at radius 1 is 1.04 bits per heavy atom. The number of rotatable bonds is 2. The first kappa shape index (κ1) is 32.3. The number of hydrogen-bond acceptors (Lipinski definition) is 9. The molecular weight excluding hydrogens is 672 g/mol. The second-order valence-corrected chi connectivity index (χ2v) is 13.8. The Balaban J connectivity index is 1.21. The van der Waals surface area contributed by atoms with Gasteiger partial charge in [-0.25, -0.2) is 23.4 Å². The van der Waals surface area contributed by atoms with Gasteiger partial charge in [-0.15, -0.1) is 0 Å². The molecule has 0 saturated carbocycles.